The number of nitrogens with zero attached hydrogens (tertiary/aromatic N) is 2. The summed E-state index contributed by atoms with van der Waals surface area (Å²) >= 11 is 5.06. The molecular weight excluding hydrogens is 286 g/mol. The lowest BCUT2D eigenvalue weighted by Crippen LogP contribution is -2.06. The van der Waals surface area contributed by atoms with Crippen LogP contribution < -0.4 is 5.32 Å². The quantitative estimate of drug-likeness (QED) is 0.937. The maximum Gasteiger partial charge on any atom is 0.116 e. The third kappa shape index (κ3) is 2.80. The van der Waals surface area contributed by atoms with Gasteiger partial charge in [-0.3, -0.25) is 4.98 Å². The zero-order valence-electron chi connectivity index (χ0n) is 9.07. The maximum absolute atomic E-state index is 4.32. The Morgan fingerprint density at radius 2 is 2.19 bits per heavy atom. The third-order valence-corrected chi connectivity index (χ3v) is 3.78. The molecule has 0 fully saturated rings. The van der Waals surface area contributed by atoms with Crippen LogP contribution in [-0.2, 0) is 0 Å². The van der Waals surface area contributed by atoms with Gasteiger partial charge in [0, 0.05) is 12.4 Å². The van der Waals surface area contributed by atoms with Crippen molar-refractivity contribution < 1.29 is 0 Å². The Hall–Kier alpha value is -0.940. The smallest absolute Gasteiger partial charge is 0.116 e. The van der Waals surface area contributed by atoms with E-state index in [2.05, 4.69) is 44.2 Å². The number of pyridine rings is 1. The fourth-order valence-corrected chi connectivity index (χ4v) is 2.66. The van der Waals surface area contributed by atoms with Gasteiger partial charge in [0.1, 0.15) is 5.01 Å². The second-order valence-corrected chi connectivity index (χ2v) is 6.06. The molecule has 84 valence electrons. The minimum atomic E-state index is 0.194. The lowest BCUT2D eigenvalue weighted by atomic mass is 10.2. The molecule has 0 aliphatic rings. The highest BCUT2D eigenvalue weighted by molar-refractivity contribution is 9.11. The van der Waals surface area contributed by atoms with Crippen molar-refractivity contribution in [2.75, 3.05) is 5.32 Å². The van der Waals surface area contributed by atoms with Crippen molar-refractivity contribution in [3.8, 4) is 0 Å². The molecule has 5 heteroatoms. The Morgan fingerprint density at radius 3 is 2.81 bits per heavy atom. The molecule has 0 spiro atoms. The summed E-state index contributed by atoms with van der Waals surface area (Å²) in [5.74, 6) is 0. The first-order valence-corrected chi connectivity index (χ1v) is 6.55. The highest BCUT2D eigenvalue weighted by atomic mass is 79.9. The number of anilines is 1. The first-order valence-electron chi connectivity index (χ1n) is 4.94. The molecule has 2 rings (SSSR count). The number of hydrogen-bond donors (Lipinski definition) is 1. The molecule has 1 atom stereocenters. The average molecular weight is 298 g/mol. The number of halogens is 1. The molecule has 0 saturated carbocycles. The van der Waals surface area contributed by atoms with E-state index in [1.165, 1.54) is 0 Å². The zero-order valence-corrected chi connectivity index (χ0v) is 11.5. The van der Waals surface area contributed by atoms with E-state index in [9.17, 15) is 0 Å². The van der Waals surface area contributed by atoms with Crippen molar-refractivity contribution in [3.63, 3.8) is 0 Å². The number of aromatic nitrogens is 2. The molecule has 2 heterocycles. The lowest BCUT2D eigenvalue weighted by Gasteiger charge is -2.12. The van der Waals surface area contributed by atoms with E-state index in [1.54, 1.807) is 11.3 Å². The normalized spacial score (nSPS) is 12.4. The van der Waals surface area contributed by atoms with Crippen LogP contribution in [0.4, 0.5) is 5.69 Å². The van der Waals surface area contributed by atoms with E-state index >= 15 is 0 Å². The molecular formula is C11H12BrN3S. The van der Waals surface area contributed by atoms with E-state index < -0.39 is 0 Å². The van der Waals surface area contributed by atoms with Crippen molar-refractivity contribution in [3.05, 3.63) is 39.0 Å². The third-order valence-electron chi connectivity index (χ3n) is 2.12. The van der Waals surface area contributed by atoms with Gasteiger partial charge in [0.05, 0.1) is 21.7 Å². The van der Waals surface area contributed by atoms with Crippen LogP contribution in [0.2, 0.25) is 0 Å². The van der Waals surface area contributed by atoms with Gasteiger partial charge in [-0.2, -0.15) is 0 Å². The number of nitrogens with one attached hydrogen (secondary N) is 1. The fourth-order valence-electron chi connectivity index (χ4n) is 1.41. The van der Waals surface area contributed by atoms with Crippen LogP contribution in [0.5, 0.6) is 0 Å². The monoisotopic (exact) mass is 297 g/mol. The standard InChI is InChI=1S/C11H12BrN3S/c1-7-3-9(5-13-4-7)15-8(2)11-14-6-10(12)16-11/h3-6,8,15H,1-2H3. The Bertz CT molecular complexity index is 484. The summed E-state index contributed by atoms with van der Waals surface area (Å²) in [6, 6.07) is 2.27. The molecule has 1 N–H and O–H groups in total. The summed E-state index contributed by atoms with van der Waals surface area (Å²) in [7, 11) is 0. The molecule has 0 aliphatic heterocycles. The molecule has 0 radical (unpaired) electrons. The van der Waals surface area contributed by atoms with Crippen LogP contribution in [0.25, 0.3) is 0 Å². The van der Waals surface area contributed by atoms with Crippen molar-refractivity contribution in [2.24, 2.45) is 0 Å². The van der Waals surface area contributed by atoms with Gasteiger partial charge in [0.2, 0.25) is 0 Å². The van der Waals surface area contributed by atoms with Crippen molar-refractivity contribution >= 4 is 33.0 Å². The van der Waals surface area contributed by atoms with Crippen molar-refractivity contribution in [1.82, 2.24) is 9.97 Å². The number of thiazole rings is 1. The van der Waals surface area contributed by atoms with Crippen molar-refractivity contribution in [1.29, 1.82) is 0 Å². The predicted molar refractivity (Wildman–Crippen MR) is 70.8 cm³/mol. The van der Waals surface area contributed by atoms with E-state index in [-0.39, 0.29) is 6.04 Å². The molecule has 2 aromatic heterocycles. The summed E-state index contributed by atoms with van der Waals surface area (Å²) in [5.41, 5.74) is 2.18. The fraction of sp³-hybridized carbons (Fsp3) is 0.273. The van der Waals surface area contributed by atoms with Gasteiger partial charge in [0.25, 0.3) is 0 Å². The Kier molecular flexibility index (Phi) is 3.56. The second-order valence-electron chi connectivity index (χ2n) is 3.62. The van der Waals surface area contributed by atoms with Crippen LogP contribution >= 0.6 is 27.3 Å². The summed E-state index contributed by atoms with van der Waals surface area (Å²) < 4.78 is 1.05. The van der Waals surface area contributed by atoms with Gasteiger partial charge in [0.15, 0.2) is 0 Å². The Morgan fingerprint density at radius 1 is 1.38 bits per heavy atom. The molecule has 0 amide bonds. The summed E-state index contributed by atoms with van der Waals surface area (Å²) in [6.45, 7) is 4.12. The van der Waals surface area contributed by atoms with E-state index in [0.29, 0.717) is 0 Å². The van der Waals surface area contributed by atoms with E-state index in [0.717, 1.165) is 20.0 Å². The summed E-state index contributed by atoms with van der Waals surface area (Å²) in [5, 5.41) is 4.44. The van der Waals surface area contributed by atoms with Crippen molar-refractivity contribution in [2.45, 2.75) is 19.9 Å². The number of aryl methyl sites for hydroxylation is 1. The van der Waals surface area contributed by atoms with Gasteiger partial charge < -0.3 is 5.32 Å². The lowest BCUT2D eigenvalue weighted by molar-refractivity contribution is 0.867. The van der Waals surface area contributed by atoms with Gasteiger partial charge in [-0.05, 0) is 41.4 Å². The highest BCUT2D eigenvalue weighted by Gasteiger charge is 2.09. The second kappa shape index (κ2) is 4.93. The number of hydrogen-bond acceptors (Lipinski definition) is 4. The largest absolute Gasteiger partial charge is 0.375 e. The first kappa shape index (κ1) is 11.5. The van der Waals surface area contributed by atoms with Crippen LogP contribution in [0.15, 0.2) is 28.4 Å². The number of rotatable bonds is 3. The van der Waals surface area contributed by atoms with Crippen LogP contribution in [0.3, 0.4) is 0 Å². The minimum Gasteiger partial charge on any atom is -0.375 e. The Labute approximate surface area is 107 Å². The van der Waals surface area contributed by atoms with Gasteiger partial charge in [-0.1, -0.05) is 0 Å². The Balaban J connectivity index is 2.10. The molecule has 3 nitrogen and oxygen atoms in total. The molecule has 1 unspecified atom stereocenters. The summed E-state index contributed by atoms with van der Waals surface area (Å²) in [6.07, 6.45) is 5.49. The van der Waals surface area contributed by atoms with Crippen LogP contribution in [0, 0.1) is 6.92 Å². The topological polar surface area (TPSA) is 37.8 Å². The molecule has 16 heavy (non-hydrogen) atoms. The van der Waals surface area contributed by atoms with Crippen LogP contribution in [0.1, 0.15) is 23.5 Å². The van der Waals surface area contributed by atoms with E-state index in [4.69, 9.17) is 0 Å². The van der Waals surface area contributed by atoms with Gasteiger partial charge in [-0.25, -0.2) is 4.98 Å². The van der Waals surface area contributed by atoms with Crippen LogP contribution in [-0.4, -0.2) is 9.97 Å². The molecule has 0 saturated heterocycles. The minimum absolute atomic E-state index is 0.194. The predicted octanol–water partition coefficient (Wildman–Crippen LogP) is 3.78. The van der Waals surface area contributed by atoms with Gasteiger partial charge in [-0.15, -0.1) is 11.3 Å². The van der Waals surface area contributed by atoms with E-state index in [1.807, 2.05) is 25.5 Å². The maximum atomic E-state index is 4.32. The average Bonchev–Trinajstić information content (AvgIpc) is 2.65. The SMILES string of the molecule is Cc1cncc(NC(C)c2ncc(Br)s2)c1. The molecule has 0 bridgehead atoms. The summed E-state index contributed by atoms with van der Waals surface area (Å²) in [4.78, 5) is 8.47. The zero-order chi connectivity index (χ0) is 11.5. The molecule has 2 aromatic rings. The first-order chi connectivity index (χ1) is 7.65. The van der Waals surface area contributed by atoms with Gasteiger partial charge >= 0.3 is 0 Å². The molecule has 0 aromatic carbocycles. The molecule has 0 aliphatic carbocycles. The highest BCUT2D eigenvalue weighted by Crippen LogP contribution is 2.26.